The molecular weight excluding hydrogens is 399 g/mol. The molecule has 0 atom stereocenters. The van der Waals surface area contributed by atoms with E-state index in [-0.39, 0.29) is 0 Å². The summed E-state index contributed by atoms with van der Waals surface area (Å²) in [7, 11) is 0. The van der Waals surface area contributed by atoms with Gasteiger partial charge in [-0.25, -0.2) is 9.97 Å². The highest BCUT2D eigenvalue weighted by molar-refractivity contribution is 9.10. The Hall–Kier alpha value is -2.42. The molecule has 25 heavy (non-hydrogen) atoms. The van der Waals surface area contributed by atoms with Gasteiger partial charge in [0.25, 0.3) is 0 Å². The van der Waals surface area contributed by atoms with Crippen LogP contribution in [-0.4, -0.2) is 19.5 Å². The minimum Gasteiger partial charge on any atom is -0.339 e. The lowest BCUT2D eigenvalue weighted by Crippen LogP contribution is -2.06. The molecule has 3 aromatic rings. The Bertz CT molecular complexity index is 903. The van der Waals surface area contributed by atoms with Crippen LogP contribution in [-0.2, 0) is 6.18 Å². The summed E-state index contributed by atoms with van der Waals surface area (Å²) in [6.07, 6.45) is -1.27. The van der Waals surface area contributed by atoms with E-state index in [0.29, 0.717) is 21.9 Å². The van der Waals surface area contributed by atoms with Gasteiger partial charge in [-0.1, -0.05) is 0 Å². The summed E-state index contributed by atoms with van der Waals surface area (Å²) in [5, 5.41) is 2.95. The molecule has 0 aliphatic carbocycles. The van der Waals surface area contributed by atoms with Gasteiger partial charge in [0, 0.05) is 5.69 Å². The Morgan fingerprint density at radius 1 is 1.04 bits per heavy atom. The minimum atomic E-state index is -4.36. The van der Waals surface area contributed by atoms with E-state index in [0.717, 1.165) is 23.7 Å². The van der Waals surface area contributed by atoms with Crippen LogP contribution in [0.2, 0.25) is 0 Å². The Balaban J connectivity index is 1.87. The second kappa shape index (κ2) is 6.47. The predicted octanol–water partition coefficient (Wildman–Crippen LogP) is 4.80. The molecule has 0 fully saturated rings. The molecular formula is C16H13BrF3N5. The van der Waals surface area contributed by atoms with E-state index in [1.54, 1.807) is 6.20 Å². The van der Waals surface area contributed by atoms with Crippen LogP contribution in [0.5, 0.6) is 0 Å². The Morgan fingerprint density at radius 3 is 2.28 bits per heavy atom. The van der Waals surface area contributed by atoms with E-state index in [1.165, 1.54) is 18.3 Å². The minimum absolute atomic E-state index is 0.417. The number of aromatic nitrogens is 4. The summed E-state index contributed by atoms with van der Waals surface area (Å²) < 4.78 is 40.4. The van der Waals surface area contributed by atoms with Gasteiger partial charge in [0.15, 0.2) is 11.6 Å². The fourth-order valence-electron chi connectivity index (χ4n) is 2.36. The van der Waals surface area contributed by atoms with E-state index in [4.69, 9.17) is 0 Å². The monoisotopic (exact) mass is 411 g/mol. The zero-order valence-electron chi connectivity index (χ0n) is 13.3. The maximum Gasteiger partial charge on any atom is 0.416 e. The second-order valence-corrected chi connectivity index (χ2v) is 6.08. The molecule has 0 aliphatic rings. The molecule has 0 spiro atoms. The van der Waals surface area contributed by atoms with Crippen LogP contribution in [0.3, 0.4) is 0 Å². The first kappa shape index (κ1) is 17.4. The number of hydrogen-bond donors (Lipinski definition) is 1. The summed E-state index contributed by atoms with van der Waals surface area (Å²) in [6.45, 7) is 3.73. The Labute approximate surface area is 150 Å². The molecule has 130 valence electrons. The third-order valence-electron chi connectivity index (χ3n) is 3.55. The molecule has 0 radical (unpaired) electrons. The molecule has 1 aromatic carbocycles. The number of aryl methyl sites for hydroxylation is 1. The summed E-state index contributed by atoms with van der Waals surface area (Å²) >= 11 is 3.37. The molecule has 0 saturated heterocycles. The smallest absolute Gasteiger partial charge is 0.339 e. The van der Waals surface area contributed by atoms with E-state index < -0.39 is 11.7 Å². The highest BCUT2D eigenvalue weighted by atomic mass is 79.9. The largest absolute Gasteiger partial charge is 0.416 e. The predicted molar refractivity (Wildman–Crippen MR) is 91.1 cm³/mol. The molecule has 0 amide bonds. The number of anilines is 2. The first-order valence-corrected chi connectivity index (χ1v) is 8.03. The molecule has 1 N–H and O–H groups in total. The molecule has 0 saturated carbocycles. The van der Waals surface area contributed by atoms with Crippen molar-refractivity contribution in [2.75, 3.05) is 5.32 Å². The topological polar surface area (TPSA) is 55.6 Å². The van der Waals surface area contributed by atoms with Crippen LogP contribution in [0.25, 0.3) is 5.82 Å². The molecule has 3 rings (SSSR count). The van der Waals surface area contributed by atoms with Gasteiger partial charge in [-0.05, 0) is 54.0 Å². The number of nitrogens with zero attached hydrogens (tertiary/aromatic N) is 4. The van der Waals surface area contributed by atoms with E-state index >= 15 is 0 Å². The highest BCUT2D eigenvalue weighted by Gasteiger charge is 2.29. The lowest BCUT2D eigenvalue weighted by molar-refractivity contribution is -0.137. The van der Waals surface area contributed by atoms with Crippen molar-refractivity contribution in [3.05, 3.63) is 58.3 Å². The lowest BCUT2D eigenvalue weighted by Gasteiger charge is -2.11. The number of benzene rings is 1. The fraction of sp³-hybridized carbons (Fsp3) is 0.188. The molecule has 0 aliphatic heterocycles. The maximum absolute atomic E-state index is 12.6. The maximum atomic E-state index is 12.6. The van der Waals surface area contributed by atoms with Crippen LogP contribution < -0.4 is 5.32 Å². The molecule has 9 heteroatoms. The summed E-state index contributed by atoms with van der Waals surface area (Å²) in [5.74, 6) is 1.72. The van der Waals surface area contributed by atoms with Crippen molar-refractivity contribution in [3.8, 4) is 5.82 Å². The summed E-state index contributed by atoms with van der Waals surface area (Å²) in [5.41, 5.74) is 0.658. The van der Waals surface area contributed by atoms with Crippen molar-refractivity contribution < 1.29 is 13.2 Å². The van der Waals surface area contributed by atoms with Crippen LogP contribution >= 0.6 is 15.9 Å². The van der Waals surface area contributed by atoms with Crippen LogP contribution in [0.15, 0.2) is 41.3 Å². The van der Waals surface area contributed by atoms with Crippen molar-refractivity contribution in [1.29, 1.82) is 0 Å². The van der Waals surface area contributed by atoms with Crippen molar-refractivity contribution >= 4 is 27.4 Å². The first-order chi connectivity index (χ1) is 11.8. The standard InChI is InChI=1S/C16H13BrF3N5/c1-9-15(17)22-10(2)25(9)14-8-21-7-13(24-14)23-12-5-3-11(4-6-12)16(18,19)20/h3-8H,1-2H3,(H,23,24). The molecule has 2 heterocycles. The van der Waals surface area contributed by atoms with Crippen molar-refractivity contribution in [2.45, 2.75) is 20.0 Å². The Kier molecular flexibility index (Phi) is 4.51. The van der Waals surface area contributed by atoms with Gasteiger partial charge in [0.2, 0.25) is 0 Å². The number of rotatable bonds is 3. The number of nitrogens with one attached hydrogen (secondary N) is 1. The molecule has 0 bridgehead atoms. The zero-order valence-corrected chi connectivity index (χ0v) is 14.9. The molecule has 0 unspecified atom stereocenters. The number of imidazole rings is 1. The first-order valence-electron chi connectivity index (χ1n) is 7.24. The van der Waals surface area contributed by atoms with Gasteiger partial charge in [-0.3, -0.25) is 9.55 Å². The highest BCUT2D eigenvalue weighted by Crippen LogP contribution is 2.30. The average molecular weight is 412 g/mol. The average Bonchev–Trinajstić information content (AvgIpc) is 2.80. The number of hydrogen-bond acceptors (Lipinski definition) is 4. The van der Waals surface area contributed by atoms with Gasteiger partial charge in [-0.2, -0.15) is 13.2 Å². The van der Waals surface area contributed by atoms with E-state index in [1.807, 2.05) is 18.4 Å². The summed E-state index contributed by atoms with van der Waals surface area (Å²) in [4.78, 5) is 12.9. The zero-order chi connectivity index (χ0) is 18.2. The van der Waals surface area contributed by atoms with Crippen molar-refractivity contribution in [1.82, 2.24) is 19.5 Å². The van der Waals surface area contributed by atoms with E-state index in [2.05, 4.69) is 36.2 Å². The van der Waals surface area contributed by atoms with Crippen LogP contribution in [0.1, 0.15) is 17.1 Å². The fourth-order valence-corrected chi connectivity index (χ4v) is 2.79. The Morgan fingerprint density at radius 2 is 1.72 bits per heavy atom. The second-order valence-electron chi connectivity index (χ2n) is 5.33. The van der Waals surface area contributed by atoms with Gasteiger partial charge in [0.1, 0.15) is 10.4 Å². The number of alkyl halides is 3. The van der Waals surface area contributed by atoms with E-state index in [9.17, 15) is 13.2 Å². The normalized spacial score (nSPS) is 11.6. The SMILES string of the molecule is Cc1nc(Br)c(C)n1-c1cncc(Nc2ccc(C(F)(F)F)cc2)n1. The van der Waals surface area contributed by atoms with Gasteiger partial charge >= 0.3 is 6.18 Å². The summed E-state index contributed by atoms with van der Waals surface area (Å²) in [6, 6.07) is 4.73. The number of halogens is 4. The third kappa shape index (κ3) is 3.65. The van der Waals surface area contributed by atoms with Crippen LogP contribution in [0.4, 0.5) is 24.7 Å². The van der Waals surface area contributed by atoms with Crippen LogP contribution in [0, 0.1) is 13.8 Å². The van der Waals surface area contributed by atoms with Crippen molar-refractivity contribution in [2.24, 2.45) is 0 Å². The van der Waals surface area contributed by atoms with Crippen molar-refractivity contribution in [3.63, 3.8) is 0 Å². The molecule has 2 aromatic heterocycles. The quantitative estimate of drug-likeness (QED) is 0.672. The van der Waals surface area contributed by atoms with Gasteiger partial charge in [-0.15, -0.1) is 0 Å². The molecule has 5 nitrogen and oxygen atoms in total. The third-order valence-corrected chi connectivity index (χ3v) is 4.30. The van der Waals surface area contributed by atoms with Gasteiger partial charge < -0.3 is 5.32 Å². The lowest BCUT2D eigenvalue weighted by atomic mass is 10.2. The van der Waals surface area contributed by atoms with Gasteiger partial charge in [0.05, 0.1) is 23.7 Å².